The molecule has 0 saturated carbocycles. The Morgan fingerprint density at radius 3 is 2.55 bits per heavy atom. The van der Waals surface area contributed by atoms with Crippen molar-refractivity contribution in [2.24, 2.45) is 5.16 Å². The van der Waals surface area contributed by atoms with Gasteiger partial charge in [-0.2, -0.15) is 10.2 Å². The number of rotatable bonds is 9. The fourth-order valence-electron chi connectivity index (χ4n) is 2.75. The quantitative estimate of drug-likeness (QED) is 0.206. The Balaban J connectivity index is 2.01. The van der Waals surface area contributed by atoms with Crippen molar-refractivity contribution < 1.29 is 24.2 Å². The smallest absolute Gasteiger partial charge is 0.358 e. The van der Waals surface area contributed by atoms with Crippen molar-refractivity contribution in [2.45, 2.75) is 18.9 Å². The zero-order valence-corrected chi connectivity index (χ0v) is 18.9. The van der Waals surface area contributed by atoms with Gasteiger partial charge in [-0.1, -0.05) is 23.4 Å². The summed E-state index contributed by atoms with van der Waals surface area (Å²) >= 11 is 1.24. The number of hydrogen-bond donors (Lipinski definition) is 1. The van der Waals surface area contributed by atoms with E-state index in [-0.39, 0.29) is 23.8 Å². The Morgan fingerprint density at radius 2 is 1.88 bits per heavy atom. The molecule has 0 unspecified atom stereocenters. The molecule has 33 heavy (non-hydrogen) atoms. The molecule has 1 N–H and O–H groups in total. The molecule has 0 aliphatic carbocycles. The third-order valence-electron chi connectivity index (χ3n) is 4.13. The highest BCUT2D eigenvalue weighted by Crippen LogP contribution is 2.33. The average molecular weight is 465 g/mol. The van der Waals surface area contributed by atoms with Gasteiger partial charge in [0.15, 0.2) is 0 Å². The van der Waals surface area contributed by atoms with Gasteiger partial charge in [0, 0.05) is 6.07 Å². The van der Waals surface area contributed by atoms with Gasteiger partial charge in [0.05, 0.1) is 5.56 Å². The van der Waals surface area contributed by atoms with Crippen molar-refractivity contribution in [3.05, 3.63) is 65.5 Å². The average Bonchev–Trinajstić information content (AvgIpc) is 2.80. The van der Waals surface area contributed by atoms with Crippen LogP contribution in [0.3, 0.4) is 0 Å². The van der Waals surface area contributed by atoms with E-state index in [0.29, 0.717) is 33.7 Å². The van der Waals surface area contributed by atoms with Crippen molar-refractivity contribution in [1.82, 2.24) is 9.97 Å². The summed E-state index contributed by atoms with van der Waals surface area (Å²) in [5, 5.41) is 23.1. The zero-order chi connectivity index (χ0) is 23.8. The van der Waals surface area contributed by atoms with Gasteiger partial charge in [0.25, 0.3) is 0 Å². The third kappa shape index (κ3) is 5.78. The molecule has 2 aromatic carbocycles. The number of carbonyl (C=O) groups is 1. The maximum absolute atomic E-state index is 11.9. The van der Waals surface area contributed by atoms with Gasteiger partial charge < -0.3 is 19.4 Å². The van der Waals surface area contributed by atoms with Crippen LogP contribution in [0.15, 0.2) is 58.7 Å². The molecule has 0 bridgehead atoms. The number of ether oxygens (including phenoxy) is 2. The van der Waals surface area contributed by atoms with Crippen molar-refractivity contribution in [2.75, 3.05) is 12.9 Å². The highest BCUT2D eigenvalue weighted by molar-refractivity contribution is 7.98. The minimum atomic E-state index is -1.30. The molecule has 0 atom stereocenters. The topological polar surface area (TPSA) is 127 Å². The molecule has 1 aromatic heterocycles. The van der Waals surface area contributed by atoms with E-state index in [4.69, 9.17) is 14.3 Å². The Kier molecular flexibility index (Phi) is 7.83. The lowest BCUT2D eigenvalue weighted by molar-refractivity contribution is -0.129. The number of aromatic nitrogens is 2. The number of oxime groups is 1. The summed E-state index contributed by atoms with van der Waals surface area (Å²) < 4.78 is 11.8. The summed E-state index contributed by atoms with van der Waals surface area (Å²) in [5.41, 5.74) is 0.127. The highest BCUT2D eigenvalue weighted by Gasteiger charge is 2.26. The number of carboxylic acid groups (broad SMARTS) is 1. The lowest BCUT2D eigenvalue weighted by atomic mass is 10.2. The van der Waals surface area contributed by atoms with Crippen LogP contribution in [0, 0.1) is 18.3 Å². The zero-order valence-electron chi connectivity index (χ0n) is 18.1. The number of benzene rings is 2. The molecule has 1 heterocycles. The summed E-state index contributed by atoms with van der Waals surface area (Å²) in [7, 11) is 0. The monoisotopic (exact) mass is 464 g/mol. The first-order valence-electron chi connectivity index (χ1n) is 9.78. The van der Waals surface area contributed by atoms with Gasteiger partial charge in [-0.25, -0.2) is 9.78 Å². The van der Waals surface area contributed by atoms with Crippen LogP contribution in [-0.2, 0) is 9.63 Å². The van der Waals surface area contributed by atoms with Crippen LogP contribution in [0.5, 0.6) is 23.1 Å². The van der Waals surface area contributed by atoms with Gasteiger partial charge in [0.2, 0.25) is 11.6 Å². The van der Waals surface area contributed by atoms with E-state index >= 15 is 0 Å². The second kappa shape index (κ2) is 11.0. The predicted molar refractivity (Wildman–Crippen MR) is 122 cm³/mol. The van der Waals surface area contributed by atoms with Crippen LogP contribution in [0.1, 0.15) is 23.9 Å². The summed E-state index contributed by atoms with van der Waals surface area (Å²) in [6, 6.07) is 15.6. The first-order valence-corrected chi connectivity index (χ1v) is 11.0. The van der Waals surface area contributed by atoms with Gasteiger partial charge in [0.1, 0.15) is 46.3 Å². The minimum Gasteiger partial charge on any atom is -0.476 e. The fourth-order valence-corrected chi connectivity index (χ4v) is 3.37. The van der Waals surface area contributed by atoms with Crippen molar-refractivity contribution in [3.63, 3.8) is 0 Å². The molecular weight excluding hydrogens is 444 g/mol. The number of aryl methyl sites for hydroxylation is 1. The fraction of sp³-hybridized carbons (Fsp3) is 0.174. The highest BCUT2D eigenvalue weighted by atomic mass is 32.2. The van der Waals surface area contributed by atoms with Crippen LogP contribution in [0.4, 0.5) is 0 Å². The Hall–Kier alpha value is -4.10. The maximum atomic E-state index is 11.9. The molecular formula is C23H20N4O5S. The Bertz CT molecular complexity index is 1240. The number of thioether (sulfide) groups is 1. The van der Waals surface area contributed by atoms with Crippen LogP contribution in [0.25, 0.3) is 0 Å². The molecule has 0 saturated heterocycles. The third-order valence-corrected chi connectivity index (χ3v) is 4.81. The molecule has 168 valence electrons. The molecule has 0 amide bonds. The first-order chi connectivity index (χ1) is 16.0. The molecule has 0 spiro atoms. The Morgan fingerprint density at radius 1 is 1.15 bits per heavy atom. The number of nitrogens with zero attached hydrogens (tertiary/aromatic N) is 4. The van der Waals surface area contributed by atoms with Gasteiger partial charge >= 0.3 is 5.97 Å². The van der Waals surface area contributed by atoms with Crippen LogP contribution < -0.4 is 9.47 Å². The molecule has 10 heteroatoms. The van der Waals surface area contributed by atoms with E-state index in [1.165, 1.54) is 11.8 Å². The van der Waals surface area contributed by atoms with Crippen molar-refractivity contribution in [3.8, 4) is 29.2 Å². The molecule has 0 fully saturated rings. The molecule has 3 rings (SSSR count). The lowest BCUT2D eigenvalue weighted by Gasteiger charge is -2.14. The summed E-state index contributed by atoms with van der Waals surface area (Å²) in [5.74, 6) is 0.277. The first kappa shape index (κ1) is 23.6. The largest absolute Gasteiger partial charge is 0.476 e. The molecule has 3 aromatic rings. The molecule has 9 nitrogen and oxygen atoms in total. The molecule has 0 radical (unpaired) electrons. The van der Waals surface area contributed by atoms with Crippen molar-refractivity contribution >= 4 is 23.4 Å². The van der Waals surface area contributed by atoms with Crippen molar-refractivity contribution in [1.29, 1.82) is 5.26 Å². The second-order valence-corrected chi connectivity index (χ2v) is 7.20. The lowest BCUT2D eigenvalue weighted by Crippen LogP contribution is -2.19. The SMILES string of the molecule is CCON=C(C(=O)O)c1c(Oc2cccc(Oc3ccccc3C#N)c2)nc(C)nc1SC. The maximum Gasteiger partial charge on any atom is 0.358 e. The summed E-state index contributed by atoms with van der Waals surface area (Å²) in [4.78, 5) is 25.5. The van der Waals surface area contributed by atoms with Gasteiger partial charge in [-0.05, 0) is 44.4 Å². The standard InChI is InChI=1S/C23H20N4O5S/c1-4-30-27-20(23(28)29)19-21(25-14(2)26-22(19)33-3)32-17-10-7-9-16(12-17)31-18-11-6-5-8-15(18)13-24/h5-12H,4H2,1-3H3,(H,28,29). The normalized spacial score (nSPS) is 10.9. The molecule has 0 aliphatic rings. The number of nitriles is 1. The van der Waals surface area contributed by atoms with E-state index in [2.05, 4.69) is 21.2 Å². The van der Waals surface area contributed by atoms with E-state index in [9.17, 15) is 15.2 Å². The second-order valence-electron chi connectivity index (χ2n) is 6.41. The number of aliphatic carboxylic acids is 1. The van der Waals surface area contributed by atoms with E-state index in [1.54, 1.807) is 68.6 Å². The molecule has 0 aliphatic heterocycles. The van der Waals surface area contributed by atoms with Gasteiger partial charge in [-0.3, -0.25) is 0 Å². The van der Waals surface area contributed by atoms with E-state index in [0.717, 1.165) is 0 Å². The Labute approximate surface area is 194 Å². The van der Waals surface area contributed by atoms with Crippen LogP contribution >= 0.6 is 11.8 Å². The van der Waals surface area contributed by atoms with E-state index < -0.39 is 5.97 Å². The van der Waals surface area contributed by atoms with Gasteiger partial charge in [-0.15, -0.1) is 11.8 Å². The predicted octanol–water partition coefficient (Wildman–Crippen LogP) is 4.79. The van der Waals surface area contributed by atoms with E-state index in [1.807, 2.05) is 0 Å². The number of hydrogen-bond acceptors (Lipinski definition) is 9. The number of para-hydroxylation sites is 1. The summed E-state index contributed by atoms with van der Waals surface area (Å²) in [6.07, 6.45) is 1.76. The minimum absolute atomic E-state index is 0.0160. The van der Waals surface area contributed by atoms with Crippen LogP contribution in [-0.4, -0.2) is 39.6 Å². The number of carboxylic acids is 1. The van der Waals surface area contributed by atoms with Crippen LogP contribution in [0.2, 0.25) is 0 Å². The summed E-state index contributed by atoms with van der Waals surface area (Å²) in [6.45, 7) is 3.56.